The molecule has 17 heavy (non-hydrogen) atoms. The molecule has 0 saturated heterocycles. The maximum absolute atomic E-state index is 11.5. The zero-order chi connectivity index (χ0) is 12.3. The van der Waals surface area contributed by atoms with E-state index in [1.54, 1.807) is 13.0 Å². The first-order valence-electron chi connectivity index (χ1n) is 5.50. The van der Waals surface area contributed by atoms with Crippen LogP contribution in [0.4, 0.5) is 0 Å². The van der Waals surface area contributed by atoms with E-state index in [1.807, 2.05) is 31.2 Å². The molecular formula is C13H14N2O2. The Kier molecular flexibility index (Phi) is 3.23. The summed E-state index contributed by atoms with van der Waals surface area (Å²) in [5.41, 5.74) is 1.33. The van der Waals surface area contributed by atoms with Crippen molar-refractivity contribution in [2.45, 2.75) is 13.8 Å². The Bertz CT molecular complexity index is 504. The fourth-order valence-corrected chi connectivity index (χ4v) is 1.60. The molecule has 0 bridgehead atoms. The number of nitrogens with one attached hydrogen (secondary N) is 1. The lowest BCUT2D eigenvalue weighted by Crippen LogP contribution is -2.21. The van der Waals surface area contributed by atoms with E-state index in [-0.39, 0.29) is 5.91 Å². The maximum atomic E-state index is 11.5. The number of nitrogens with zero attached hydrogens (tertiary/aromatic N) is 1. The highest BCUT2D eigenvalue weighted by atomic mass is 16.5. The number of carbonyl (C=O) groups excluding carboxylic acids is 1. The number of hydrogen-bond donors (Lipinski definition) is 1. The third-order valence-electron chi connectivity index (χ3n) is 2.29. The third kappa shape index (κ3) is 2.72. The van der Waals surface area contributed by atoms with Crippen LogP contribution in [0.3, 0.4) is 0 Å². The number of aliphatic imine (C=N–C) groups is 1. The number of carbonyl (C=O) groups is 1. The van der Waals surface area contributed by atoms with E-state index < -0.39 is 0 Å². The molecule has 1 heterocycles. The van der Waals surface area contributed by atoms with Crippen LogP contribution in [0.2, 0.25) is 0 Å². The summed E-state index contributed by atoms with van der Waals surface area (Å²) in [5, 5.41) is 2.64. The van der Waals surface area contributed by atoms with Crippen molar-refractivity contribution in [2.24, 2.45) is 4.99 Å². The predicted octanol–water partition coefficient (Wildman–Crippen LogP) is 1.97. The van der Waals surface area contributed by atoms with Crippen LogP contribution in [0.5, 0.6) is 5.75 Å². The van der Waals surface area contributed by atoms with Crippen LogP contribution in [-0.2, 0) is 4.79 Å². The summed E-state index contributed by atoms with van der Waals surface area (Å²) < 4.78 is 5.39. The Morgan fingerprint density at radius 1 is 1.47 bits per heavy atom. The Labute approximate surface area is 100 Å². The summed E-state index contributed by atoms with van der Waals surface area (Å²) in [6.45, 7) is 4.32. The lowest BCUT2D eigenvalue weighted by Gasteiger charge is -2.03. The monoisotopic (exact) mass is 230 g/mol. The van der Waals surface area contributed by atoms with Gasteiger partial charge in [-0.15, -0.1) is 0 Å². The molecule has 1 N–H and O–H groups in total. The molecule has 2 rings (SSSR count). The number of hydrogen-bond acceptors (Lipinski definition) is 3. The summed E-state index contributed by atoms with van der Waals surface area (Å²) in [6.07, 6.45) is 1.74. The molecule has 0 atom stereocenters. The quantitative estimate of drug-likeness (QED) is 0.807. The van der Waals surface area contributed by atoms with Gasteiger partial charge < -0.3 is 10.1 Å². The number of amides is 1. The number of amidine groups is 1. The molecule has 1 amide bonds. The van der Waals surface area contributed by atoms with E-state index in [2.05, 4.69) is 10.3 Å². The lowest BCUT2D eigenvalue weighted by molar-refractivity contribution is -0.115. The fraction of sp³-hybridized carbons (Fsp3) is 0.231. The molecule has 0 aromatic heterocycles. The minimum absolute atomic E-state index is 0.163. The SMILES string of the molecule is CCOc1cccc(/C=C2/N=C(C)NC2=O)c1. The minimum atomic E-state index is -0.163. The van der Waals surface area contributed by atoms with Gasteiger partial charge in [-0.05, 0) is 37.6 Å². The molecule has 1 aliphatic rings. The molecule has 0 saturated carbocycles. The second-order valence-electron chi connectivity index (χ2n) is 3.69. The summed E-state index contributed by atoms with van der Waals surface area (Å²) in [6, 6.07) is 7.56. The van der Waals surface area contributed by atoms with Gasteiger partial charge in [-0.3, -0.25) is 4.79 Å². The standard InChI is InChI=1S/C13H14N2O2/c1-3-17-11-6-4-5-10(7-11)8-12-13(16)15-9(2)14-12/h4-8H,3H2,1-2H3,(H,14,15,16)/b12-8+. The van der Waals surface area contributed by atoms with Crippen LogP contribution in [-0.4, -0.2) is 18.3 Å². The van der Waals surface area contributed by atoms with Gasteiger partial charge in [-0.1, -0.05) is 12.1 Å². The molecular weight excluding hydrogens is 216 g/mol. The normalized spacial score (nSPS) is 16.9. The first-order chi connectivity index (χ1) is 8.19. The van der Waals surface area contributed by atoms with Gasteiger partial charge in [0.1, 0.15) is 17.3 Å². The van der Waals surface area contributed by atoms with Crippen LogP contribution < -0.4 is 10.1 Å². The Hall–Kier alpha value is -2.10. The van der Waals surface area contributed by atoms with Gasteiger partial charge in [-0.2, -0.15) is 0 Å². The zero-order valence-electron chi connectivity index (χ0n) is 9.86. The van der Waals surface area contributed by atoms with Crippen molar-refractivity contribution in [1.82, 2.24) is 5.32 Å². The lowest BCUT2D eigenvalue weighted by atomic mass is 10.2. The molecule has 1 aliphatic heterocycles. The molecule has 0 fully saturated rings. The third-order valence-corrected chi connectivity index (χ3v) is 2.29. The smallest absolute Gasteiger partial charge is 0.275 e. The molecule has 0 radical (unpaired) electrons. The zero-order valence-corrected chi connectivity index (χ0v) is 9.86. The van der Waals surface area contributed by atoms with Crippen molar-refractivity contribution < 1.29 is 9.53 Å². The molecule has 4 nitrogen and oxygen atoms in total. The van der Waals surface area contributed by atoms with Gasteiger partial charge in [0.2, 0.25) is 0 Å². The van der Waals surface area contributed by atoms with Crippen molar-refractivity contribution in [3.63, 3.8) is 0 Å². The molecule has 4 heteroatoms. The molecule has 0 unspecified atom stereocenters. The number of benzene rings is 1. The van der Waals surface area contributed by atoms with E-state index in [1.165, 1.54) is 0 Å². The van der Waals surface area contributed by atoms with Gasteiger partial charge >= 0.3 is 0 Å². The number of ether oxygens (including phenoxy) is 1. The fourth-order valence-electron chi connectivity index (χ4n) is 1.60. The first kappa shape index (κ1) is 11.4. The second-order valence-corrected chi connectivity index (χ2v) is 3.69. The average Bonchev–Trinajstić information content (AvgIpc) is 2.58. The molecule has 1 aromatic rings. The maximum Gasteiger partial charge on any atom is 0.275 e. The molecule has 1 aromatic carbocycles. The largest absolute Gasteiger partial charge is 0.494 e. The Morgan fingerprint density at radius 2 is 2.29 bits per heavy atom. The van der Waals surface area contributed by atoms with E-state index in [9.17, 15) is 4.79 Å². The second kappa shape index (κ2) is 4.82. The predicted molar refractivity (Wildman–Crippen MR) is 66.8 cm³/mol. The Morgan fingerprint density at radius 3 is 2.94 bits per heavy atom. The highest BCUT2D eigenvalue weighted by molar-refractivity contribution is 6.13. The van der Waals surface area contributed by atoms with Crippen molar-refractivity contribution in [2.75, 3.05) is 6.61 Å². The highest BCUT2D eigenvalue weighted by Crippen LogP contribution is 2.17. The van der Waals surface area contributed by atoms with Crippen LogP contribution in [0.15, 0.2) is 35.0 Å². The van der Waals surface area contributed by atoms with Gasteiger partial charge in [0.25, 0.3) is 5.91 Å². The van der Waals surface area contributed by atoms with Crippen LogP contribution in [0.1, 0.15) is 19.4 Å². The van der Waals surface area contributed by atoms with Crippen molar-refractivity contribution >= 4 is 17.8 Å². The summed E-state index contributed by atoms with van der Waals surface area (Å²) in [4.78, 5) is 15.6. The molecule has 0 aliphatic carbocycles. The van der Waals surface area contributed by atoms with Crippen LogP contribution in [0, 0.1) is 0 Å². The summed E-state index contributed by atoms with van der Waals surface area (Å²) in [7, 11) is 0. The van der Waals surface area contributed by atoms with Gasteiger partial charge in [0.15, 0.2) is 0 Å². The van der Waals surface area contributed by atoms with Crippen LogP contribution >= 0.6 is 0 Å². The first-order valence-corrected chi connectivity index (χ1v) is 5.50. The number of rotatable bonds is 3. The minimum Gasteiger partial charge on any atom is -0.494 e. The molecule has 0 spiro atoms. The van der Waals surface area contributed by atoms with Crippen molar-refractivity contribution in [3.8, 4) is 5.75 Å². The van der Waals surface area contributed by atoms with Crippen LogP contribution in [0.25, 0.3) is 6.08 Å². The van der Waals surface area contributed by atoms with E-state index in [0.717, 1.165) is 11.3 Å². The van der Waals surface area contributed by atoms with Gasteiger partial charge in [-0.25, -0.2) is 4.99 Å². The van der Waals surface area contributed by atoms with E-state index >= 15 is 0 Å². The van der Waals surface area contributed by atoms with Crippen molar-refractivity contribution in [3.05, 3.63) is 35.5 Å². The summed E-state index contributed by atoms with van der Waals surface area (Å²) >= 11 is 0. The summed E-state index contributed by atoms with van der Waals surface area (Å²) in [5.74, 6) is 1.26. The van der Waals surface area contributed by atoms with E-state index in [0.29, 0.717) is 18.1 Å². The molecule has 88 valence electrons. The van der Waals surface area contributed by atoms with Gasteiger partial charge in [0.05, 0.1) is 6.61 Å². The average molecular weight is 230 g/mol. The van der Waals surface area contributed by atoms with E-state index in [4.69, 9.17) is 4.74 Å². The Balaban J connectivity index is 2.26. The van der Waals surface area contributed by atoms with Gasteiger partial charge in [0, 0.05) is 0 Å². The topological polar surface area (TPSA) is 50.7 Å². The van der Waals surface area contributed by atoms with Crippen molar-refractivity contribution in [1.29, 1.82) is 0 Å². The highest BCUT2D eigenvalue weighted by Gasteiger charge is 2.16.